The van der Waals surface area contributed by atoms with Crippen LogP contribution in [-0.4, -0.2) is 56.6 Å². The molecular formula is C25H28O6S. The maximum Gasteiger partial charge on any atom is 0.113 e. The van der Waals surface area contributed by atoms with Gasteiger partial charge in [0.15, 0.2) is 0 Å². The van der Waals surface area contributed by atoms with E-state index in [-0.39, 0.29) is 12.5 Å². The predicted molar refractivity (Wildman–Crippen MR) is 121 cm³/mol. The molecule has 32 heavy (non-hydrogen) atoms. The highest BCUT2D eigenvalue weighted by Gasteiger charge is 2.44. The molecule has 1 aliphatic heterocycles. The molecule has 1 unspecified atom stereocenters. The van der Waals surface area contributed by atoms with Crippen molar-refractivity contribution in [2.24, 2.45) is 0 Å². The van der Waals surface area contributed by atoms with Crippen molar-refractivity contribution in [3.8, 4) is 0 Å². The first-order chi connectivity index (χ1) is 15.5. The van der Waals surface area contributed by atoms with Crippen LogP contribution >= 0.6 is 11.3 Å². The van der Waals surface area contributed by atoms with Gasteiger partial charge in [-0.2, -0.15) is 0 Å². The van der Waals surface area contributed by atoms with Crippen molar-refractivity contribution < 1.29 is 30.3 Å². The minimum Gasteiger partial charge on any atom is -0.394 e. The fourth-order valence-electron chi connectivity index (χ4n) is 4.32. The smallest absolute Gasteiger partial charge is 0.113 e. The molecule has 0 aliphatic carbocycles. The molecule has 4 rings (SSSR count). The van der Waals surface area contributed by atoms with Crippen LogP contribution in [0.25, 0.3) is 0 Å². The normalized spacial score (nSPS) is 26.7. The van der Waals surface area contributed by atoms with Gasteiger partial charge in [0.1, 0.15) is 30.5 Å². The van der Waals surface area contributed by atoms with Crippen LogP contribution in [0, 0.1) is 0 Å². The highest BCUT2D eigenvalue weighted by atomic mass is 32.1. The molecule has 2 heterocycles. The summed E-state index contributed by atoms with van der Waals surface area (Å²) in [4.78, 5) is 1.19. The van der Waals surface area contributed by atoms with Gasteiger partial charge in [0.2, 0.25) is 0 Å². The largest absolute Gasteiger partial charge is 0.394 e. The van der Waals surface area contributed by atoms with Crippen LogP contribution in [0.15, 0.2) is 66.0 Å². The lowest BCUT2D eigenvalue weighted by Gasteiger charge is -2.41. The van der Waals surface area contributed by atoms with Gasteiger partial charge in [-0.25, -0.2) is 0 Å². The Kier molecular flexibility index (Phi) is 7.37. The van der Waals surface area contributed by atoms with E-state index in [0.717, 1.165) is 12.0 Å². The molecule has 0 amide bonds. The molecule has 1 aliphatic rings. The number of ether oxygens (including phenoxy) is 1. The summed E-state index contributed by atoms with van der Waals surface area (Å²) in [5.41, 5.74) is 3.27. The molecule has 5 N–H and O–H groups in total. The Morgan fingerprint density at radius 3 is 2.31 bits per heavy atom. The zero-order valence-corrected chi connectivity index (χ0v) is 18.3. The van der Waals surface area contributed by atoms with Crippen LogP contribution in [0.4, 0.5) is 0 Å². The highest BCUT2D eigenvalue weighted by Crippen LogP contribution is 2.38. The summed E-state index contributed by atoms with van der Waals surface area (Å²) in [6, 6.07) is 19.9. The molecule has 3 aromatic rings. The second-order valence-corrected chi connectivity index (χ2v) is 9.10. The van der Waals surface area contributed by atoms with Gasteiger partial charge in [0, 0.05) is 10.8 Å². The van der Waals surface area contributed by atoms with Crippen molar-refractivity contribution in [1.29, 1.82) is 0 Å². The number of aliphatic hydroxyl groups excluding tert-OH is 5. The highest BCUT2D eigenvalue weighted by molar-refractivity contribution is 7.10. The van der Waals surface area contributed by atoms with Crippen LogP contribution in [0.5, 0.6) is 0 Å². The quantitative estimate of drug-likeness (QED) is 0.373. The van der Waals surface area contributed by atoms with E-state index in [2.05, 4.69) is 18.2 Å². The molecule has 6 nitrogen and oxygen atoms in total. The number of hydrogen-bond donors (Lipinski definition) is 5. The van der Waals surface area contributed by atoms with Gasteiger partial charge in [0.05, 0.1) is 13.2 Å². The fourth-order valence-corrected chi connectivity index (χ4v) is 5.17. The minimum atomic E-state index is -1.47. The summed E-state index contributed by atoms with van der Waals surface area (Å²) in [7, 11) is 0. The zero-order valence-electron chi connectivity index (χ0n) is 17.5. The van der Waals surface area contributed by atoms with Gasteiger partial charge in [0.25, 0.3) is 0 Å². The number of benzene rings is 2. The Hall–Kier alpha value is -2.10. The van der Waals surface area contributed by atoms with Gasteiger partial charge in [-0.1, -0.05) is 54.6 Å². The average molecular weight is 457 g/mol. The summed E-state index contributed by atoms with van der Waals surface area (Å²) in [6.07, 6.45) is -5.53. The molecule has 1 fully saturated rings. The van der Waals surface area contributed by atoms with Gasteiger partial charge < -0.3 is 30.3 Å². The third-order valence-corrected chi connectivity index (χ3v) is 7.10. The maximum atomic E-state index is 10.6. The lowest BCUT2D eigenvalue weighted by molar-refractivity contribution is -0.232. The lowest BCUT2D eigenvalue weighted by Crippen LogP contribution is -2.55. The molecule has 0 saturated carbocycles. The summed E-state index contributed by atoms with van der Waals surface area (Å²) >= 11 is 1.67. The first kappa shape index (κ1) is 23.1. The van der Waals surface area contributed by atoms with Crippen molar-refractivity contribution >= 4 is 11.3 Å². The number of thiophene rings is 1. The SMILES string of the molecule is OCc1ccc(C(Cc2ccccc2)c2cccs2)cc1[C@@H]1O[C@H](CO)[C@@H](O)[C@H](O)[C@H]1O. The van der Waals surface area contributed by atoms with Crippen LogP contribution in [0.3, 0.4) is 0 Å². The molecule has 2 aromatic carbocycles. The van der Waals surface area contributed by atoms with E-state index in [1.807, 2.05) is 41.8 Å². The van der Waals surface area contributed by atoms with Crippen molar-refractivity contribution in [1.82, 2.24) is 0 Å². The van der Waals surface area contributed by atoms with E-state index in [0.29, 0.717) is 11.1 Å². The van der Waals surface area contributed by atoms with Crippen molar-refractivity contribution in [2.45, 2.75) is 49.5 Å². The average Bonchev–Trinajstić information content (AvgIpc) is 3.36. The van der Waals surface area contributed by atoms with Crippen LogP contribution in [0.2, 0.25) is 0 Å². The Morgan fingerprint density at radius 1 is 0.875 bits per heavy atom. The molecular weight excluding hydrogens is 428 g/mol. The van der Waals surface area contributed by atoms with Crippen LogP contribution in [-0.2, 0) is 17.8 Å². The van der Waals surface area contributed by atoms with E-state index in [1.54, 1.807) is 17.4 Å². The number of aliphatic hydroxyl groups is 5. The van der Waals surface area contributed by atoms with E-state index in [9.17, 15) is 25.5 Å². The standard InChI is InChI=1S/C25H28O6S/c26-13-17-9-8-16(12-19(17)25-24(30)23(29)22(28)20(14-27)31-25)18(21-7-4-10-32-21)11-15-5-2-1-3-6-15/h1-10,12,18,20,22-30H,11,13-14H2/t18?,20-,22-,23+,24-,25+/m1/s1. The van der Waals surface area contributed by atoms with Gasteiger partial charge >= 0.3 is 0 Å². The van der Waals surface area contributed by atoms with Gasteiger partial charge in [-0.15, -0.1) is 11.3 Å². The monoisotopic (exact) mass is 456 g/mol. The molecule has 7 heteroatoms. The summed E-state index contributed by atoms with van der Waals surface area (Å²) in [5, 5.41) is 52.6. The molecule has 170 valence electrons. The number of rotatable bonds is 7. The van der Waals surface area contributed by atoms with E-state index >= 15 is 0 Å². The Bertz CT molecular complexity index is 991. The molecule has 6 atom stereocenters. The molecule has 0 radical (unpaired) electrons. The third kappa shape index (κ3) is 4.65. The first-order valence-corrected chi connectivity index (χ1v) is 11.5. The third-order valence-electron chi connectivity index (χ3n) is 6.11. The lowest BCUT2D eigenvalue weighted by atomic mass is 9.84. The molecule has 1 aromatic heterocycles. The molecule has 0 spiro atoms. The summed E-state index contributed by atoms with van der Waals surface area (Å²) < 4.78 is 5.78. The first-order valence-electron chi connectivity index (χ1n) is 10.6. The van der Waals surface area contributed by atoms with Crippen molar-refractivity contribution in [3.63, 3.8) is 0 Å². The van der Waals surface area contributed by atoms with Crippen molar-refractivity contribution in [3.05, 3.63) is 93.2 Å². The Labute approximate surface area is 191 Å². The second kappa shape index (κ2) is 10.2. The topological polar surface area (TPSA) is 110 Å². The van der Waals surface area contributed by atoms with E-state index in [1.165, 1.54) is 10.4 Å². The summed E-state index contributed by atoms with van der Waals surface area (Å²) in [6.45, 7) is -0.769. The Morgan fingerprint density at radius 2 is 1.66 bits per heavy atom. The number of hydrogen-bond acceptors (Lipinski definition) is 7. The maximum absolute atomic E-state index is 10.6. The second-order valence-electron chi connectivity index (χ2n) is 8.12. The van der Waals surface area contributed by atoms with Gasteiger partial charge in [-0.05, 0) is 40.1 Å². The van der Waals surface area contributed by atoms with Crippen molar-refractivity contribution in [2.75, 3.05) is 6.61 Å². The molecule has 1 saturated heterocycles. The molecule has 0 bridgehead atoms. The van der Waals surface area contributed by atoms with E-state index < -0.39 is 37.1 Å². The predicted octanol–water partition coefficient (Wildman–Crippen LogP) is 2.13. The minimum absolute atomic E-state index is 0.0498. The van der Waals surface area contributed by atoms with E-state index in [4.69, 9.17) is 4.74 Å². The summed E-state index contributed by atoms with van der Waals surface area (Å²) in [5.74, 6) is 0.0498. The Balaban J connectivity index is 1.74. The zero-order chi connectivity index (χ0) is 22.7. The van der Waals surface area contributed by atoms with Crippen LogP contribution in [0.1, 0.15) is 39.2 Å². The van der Waals surface area contributed by atoms with Crippen LogP contribution < -0.4 is 0 Å². The fraction of sp³-hybridized carbons (Fsp3) is 0.360. The van der Waals surface area contributed by atoms with Gasteiger partial charge in [-0.3, -0.25) is 0 Å².